The van der Waals surface area contributed by atoms with Gasteiger partial charge in [0.15, 0.2) is 0 Å². The minimum absolute atomic E-state index is 0.0506. The average Bonchev–Trinajstić information content (AvgIpc) is 2.69. The number of pyridine rings is 1. The van der Waals surface area contributed by atoms with Crippen LogP contribution in [0.25, 0.3) is 11.3 Å². The zero-order chi connectivity index (χ0) is 17.9. The van der Waals surface area contributed by atoms with Crippen LogP contribution in [0, 0.1) is 0 Å². The summed E-state index contributed by atoms with van der Waals surface area (Å²) in [7, 11) is 0. The summed E-state index contributed by atoms with van der Waals surface area (Å²) < 4.78 is 0. The van der Waals surface area contributed by atoms with Gasteiger partial charge in [-0.25, -0.2) is 0 Å². The van der Waals surface area contributed by atoms with Crippen LogP contribution in [0.15, 0.2) is 66.9 Å². The Kier molecular flexibility index (Phi) is 4.72. The molecule has 1 unspecified atom stereocenters. The van der Waals surface area contributed by atoms with Gasteiger partial charge in [-0.2, -0.15) is 0 Å². The number of hydrogen-bond donors (Lipinski definition) is 1. The van der Waals surface area contributed by atoms with Crippen molar-refractivity contribution < 1.29 is 4.79 Å². The number of fused-ring (bicyclic) bond motifs is 1. The van der Waals surface area contributed by atoms with Gasteiger partial charge in [-0.05, 0) is 54.7 Å². The fourth-order valence-corrected chi connectivity index (χ4v) is 3.75. The molecule has 1 heterocycles. The molecule has 3 nitrogen and oxygen atoms in total. The van der Waals surface area contributed by atoms with Gasteiger partial charge in [-0.3, -0.25) is 9.78 Å². The fraction of sp³-hybridized carbons (Fsp3) is 0.182. The van der Waals surface area contributed by atoms with Crippen LogP contribution in [-0.4, -0.2) is 10.9 Å². The summed E-state index contributed by atoms with van der Waals surface area (Å²) in [6.07, 6.45) is 4.87. The minimum atomic E-state index is -0.0506. The van der Waals surface area contributed by atoms with Gasteiger partial charge in [0.25, 0.3) is 5.91 Å². The number of benzene rings is 2. The highest BCUT2D eigenvalue weighted by molar-refractivity contribution is 6.33. The number of nitrogens with one attached hydrogen (secondary N) is 1. The molecule has 1 aliphatic rings. The minimum Gasteiger partial charge on any atom is -0.345 e. The van der Waals surface area contributed by atoms with Gasteiger partial charge in [0.1, 0.15) is 0 Å². The molecule has 26 heavy (non-hydrogen) atoms. The average molecular weight is 363 g/mol. The van der Waals surface area contributed by atoms with Crippen molar-refractivity contribution >= 4 is 17.5 Å². The lowest BCUT2D eigenvalue weighted by atomic mass is 9.87. The number of carbonyl (C=O) groups is 1. The van der Waals surface area contributed by atoms with Crippen molar-refractivity contribution in [3.8, 4) is 11.3 Å². The first-order valence-corrected chi connectivity index (χ1v) is 9.20. The van der Waals surface area contributed by atoms with Gasteiger partial charge in [0.2, 0.25) is 0 Å². The monoisotopic (exact) mass is 362 g/mol. The lowest BCUT2D eigenvalue weighted by Crippen LogP contribution is -2.30. The second-order valence-corrected chi connectivity index (χ2v) is 6.94. The van der Waals surface area contributed by atoms with Gasteiger partial charge >= 0.3 is 0 Å². The summed E-state index contributed by atoms with van der Waals surface area (Å²) in [5.74, 6) is -0.0506. The van der Waals surface area contributed by atoms with Crippen molar-refractivity contribution in [2.75, 3.05) is 0 Å². The van der Waals surface area contributed by atoms with Crippen LogP contribution in [0.3, 0.4) is 0 Å². The standard InChI is InChI=1S/C22H19ClN2O/c23-19-8-4-14-24-21(19)16-10-12-17(13-11-16)22(26)25-20-9-3-6-15-5-1-2-7-18(15)20/h1-2,4-5,7-8,10-14,20H,3,6,9H2,(H,25,26). The Hall–Kier alpha value is -2.65. The quantitative estimate of drug-likeness (QED) is 0.695. The zero-order valence-corrected chi connectivity index (χ0v) is 15.0. The number of aromatic nitrogens is 1. The molecular formula is C22H19ClN2O. The van der Waals surface area contributed by atoms with Crippen LogP contribution < -0.4 is 5.32 Å². The number of aryl methyl sites for hydroxylation is 1. The summed E-state index contributed by atoms with van der Waals surface area (Å²) in [4.78, 5) is 17.0. The molecule has 0 saturated heterocycles. The van der Waals surface area contributed by atoms with Crippen molar-refractivity contribution in [1.82, 2.24) is 10.3 Å². The predicted molar refractivity (Wildman–Crippen MR) is 104 cm³/mol. The zero-order valence-electron chi connectivity index (χ0n) is 14.3. The van der Waals surface area contributed by atoms with Crippen molar-refractivity contribution in [3.05, 3.63) is 88.6 Å². The highest BCUT2D eigenvalue weighted by Gasteiger charge is 2.21. The first-order valence-electron chi connectivity index (χ1n) is 8.82. The van der Waals surface area contributed by atoms with Gasteiger partial charge in [0, 0.05) is 17.3 Å². The van der Waals surface area contributed by atoms with Crippen LogP contribution >= 0.6 is 11.6 Å². The van der Waals surface area contributed by atoms with E-state index in [9.17, 15) is 4.79 Å². The molecule has 0 fully saturated rings. The topological polar surface area (TPSA) is 42.0 Å². The third-order valence-corrected chi connectivity index (χ3v) is 5.16. The van der Waals surface area contributed by atoms with E-state index >= 15 is 0 Å². The van der Waals surface area contributed by atoms with Crippen LogP contribution in [0.2, 0.25) is 5.02 Å². The van der Waals surface area contributed by atoms with Gasteiger partial charge in [-0.1, -0.05) is 48.0 Å². The molecule has 0 spiro atoms. The van der Waals surface area contributed by atoms with Crippen LogP contribution in [0.4, 0.5) is 0 Å². The van der Waals surface area contributed by atoms with Gasteiger partial charge < -0.3 is 5.32 Å². The first kappa shape index (κ1) is 16.8. The summed E-state index contributed by atoms with van der Waals surface area (Å²) in [5, 5.41) is 3.78. The van der Waals surface area contributed by atoms with E-state index in [-0.39, 0.29) is 11.9 Å². The largest absolute Gasteiger partial charge is 0.345 e. The summed E-state index contributed by atoms with van der Waals surface area (Å²) in [5.41, 5.74) is 4.84. The Bertz CT molecular complexity index is 937. The molecule has 1 atom stereocenters. The number of nitrogens with zero attached hydrogens (tertiary/aromatic N) is 1. The maximum absolute atomic E-state index is 12.7. The molecule has 130 valence electrons. The Morgan fingerprint density at radius 2 is 1.85 bits per heavy atom. The Balaban J connectivity index is 1.52. The molecule has 1 aliphatic carbocycles. The summed E-state index contributed by atoms with van der Waals surface area (Å²) in [6, 6.07) is 19.5. The van der Waals surface area contributed by atoms with Crippen molar-refractivity contribution in [1.29, 1.82) is 0 Å². The third kappa shape index (κ3) is 3.35. The van der Waals surface area contributed by atoms with E-state index in [4.69, 9.17) is 11.6 Å². The number of hydrogen-bond acceptors (Lipinski definition) is 2. The first-order chi connectivity index (χ1) is 12.7. The van der Waals surface area contributed by atoms with E-state index in [2.05, 4.69) is 28.5 Å². The molecule has 0 saturated carbocycles. The number of rotatable bonds is 3. The molecule has 0 bridgehead atoms. The second kappa shape index (κ2) is 7.30. The molecule has 1 amide bonds. The van der Waals surface area contributed by atoms with E-state index in [1.54, 1.807) is 12.3 Å². The Morgan fingerprint density at radius 3 is 2.65 bits per heavy atom. The number of halogens is 1. The van der Waals surface area contributed by atoms with Crippen LogP contribution in [-0.2, 0) is 6.42 Å². The van der Waals surface area contributed by atoms with Crippen molar-refractivity contribution in [3.63, 3.8) is 0 Å². The lowest BCUT2D eigenvalue weighted by Gasteiger charge is -2.26. The molecule has 4 heteroatoms. The maximum atomic E-state index is 12.7. The SMILES string of the molecule is O=C(NC1CCCc2ccccc21)c1ccc(-c2ncccc2Cl)cc1. The Labute approximate surface area is 158 Å². The molecule has 4 rings (SSSR count). The van der Waals surface area contributed by atoms with Gasteiger partial charge in [-0.15, -0.1) is 0 Å². The number of carbonyl (C=O) groups excluding carboxylic acids is 1. The Morgan fingerprint density at radius 1 is 1.04 bits per heavy atom. The maximum Gasteiger partial charge on any atom is 0.251 e. The van der Waals surface area contributed by atoms with Crippen molar-refractivity contribution in [2.45, 2.75) is 25.3 Å². The normalized spacial score (nSPS) is 16.0. The highest BCUT2D eigenvalue weighted by atomic mass is 35.5. The molecule has 3 aromatic rings. The predicted octanol–water partition coefficient (Wildman–Crippen LogP) is 5.21. The number of amides is 1. The fourth-order valence-electron chi connectivity index (χ4n) is 3.52. The van der Waals surface area contributed by atoms with E-state index in [0.717, 1.165) is 30.5 Å². The van der Waals surface area contributed by atoms with E-state index in [1.165, 1.54) is 11.1 Å². The summed E-state index contributed by atoms with van der Waals surface area (Å²) in [6.45, 7) is 0. The van der Waals surface area contributed by atoms with E-state index in [1.807, 2.05) is 36.4 Å². The smallest absolute Gasteiger partial charge is 0.251 e. The molecule has 2 aromatic carbocycles. The molecular weight excluding hydrogens is 344 g/mol. The lowest BCUT2D eigenvalue weighted by molar-refractivity contribution is 0.0933. The van der Waals surface area contributed by atoms with Gasteiger partial charge in [0.05, 0.1) is 16.8 Å². The van der Waals surface area contributed by atoms with E-state index < -0.39 is 0 Å². The molecule has 0 radical (unpaired) electrons. The van der Waals surface area contributed by atoms with E-state index in [0.29, 0.717) is 10.6 Å². The van der Waals surface area contributed by atoms with Crippen molar-refractivity contribution in [2.24, 2.45) is 0 Å². The van der Waals surface area contributed by atoms with Crippen LogP contribution in [0.1, 0.15) is 40.4 Å². The van der Waals surface area contributed by atoms with Crippen LogP contribution in [0.5, 0.6) is 0 Å². The highest BCUT2D eigenvalue weighted by Crippen LogP contribution is 2.30. The molecule has 0 aliphatic heterocycles. The third-order valence-electron chi connectivity index (χ3n) is 4.85. The summed E-state index contributed by atoms with van der Waals surface area (Å²) >= 11 is 6.20. The molecule has 1 aromatic heterocycles. The molecule has 1 N–H and O–H groups in total. The second-order valence-electron chi connectivity index (χ2n) is 6.53.